The van der Waals surface area contributed by atoms with Gasteiger partial charge in [0, 0.05) is 4.88 Å². The molecule has 0 radical (unpaired) electrons. The quantitative estimate of drug-likeness (QED) is 0.565. The Labute approximate surface area is 137 Å². The molecule has 1 saturated carbocycles. The van der Waals surface area contributed by atoms with Crippen molar-refractivity contribution in [1.82, 2.24) is 0 Å². The van der Waals surface area contributed by atoms with Crippen LogP contribution < -0.4 is 0 Å². The van der Waals surface area contributed by atoms with E-state index in [9.17, 15) is 0 Å². The molecular formula is C17H16BrClS. The summed E-state index contributed by atoms with van der Waals surface area (Å²) in [4.78, 5) is 1.36. The summed E-state index contributed by atoms with van der Waals surface area (Å²) in [5.41, 5.74) is 4.44. The van der Waals surface area contributed by atoms with E-state index in [0.717, 1.165) is 5.92 Å². The van der Waals surface area contributed by atoms with Crippen molar-refractivity contribution in [2.45, 2.75) is 31.1 Å². The Kier molecular flexibility index (Phi) is 3.25. The molecule has 1 fully saturated rings. The van der Waals surface area contributed by atoms with E-state index < -0.39 is 0 Å². The number of alkyl halides is 1. The van der Waals surface area contributed by atoms with Crippen LogP contribution in [0.15, 0.2) is 34.1 Å². The largest absolute Gasteiger partial charge is 0.133 e. The highest BCUT2D eigenvalue weighted by atomic mass is 79.9. The second kappa shape index (κ2) is 4.86. The number of rotatable bonds is 2. The van der Waals surface area contributed by atoms with E-state index in [1.165, 1.54) is 27.1 Å². The highest BCUT2D eigenvalue weighted by Crippen LogP contribution is 2.66. The summed E-state index contributed by atoms with van der Waals surface area (Å²) in [6.45, 7) is 2.18. The van der Waals surface area contributed by atoms with Gasteiger partial charge in [0.1, 0.15) is 0 Å². The van der Waals surface area contributed by atoms with Gasteiger partial charge in [-0.2, -0.15) is 0 Å². The van der Waals surface area contributed by atoms with Crippen molar-refractivity contribution in [2.24, 2.45) is 11.8 Å². The molecule has 0 amide bonds. The predicted molar refractivity (Wildman–Crippen MR) is 89.8 cm³/mol. The van der Waals surface area contributed by atoms with Crippen LogP contribution in [0.3, 0.4) is 0 Å². The molecule has 2 aliphatic carbocycles. The molecule has 0 N–H and O–H groups in total. The molecule has 0 saturated heterocycles. The molecule has 1 aromatic carbocycles. The summed E-state index contributed by atoms with van der Waals surface area (Å²) < 4.78 is 1.19. The molecule has 4 rings (SSSR count). The average molecular weight is 368 g/mol. The van der Waals surface area contributed by atoms with Gasteiger partial charge < -0.3 is 0 Å². The number of hydrogen-bond acceptors (Lipinski definition) is 1. The maximum Gasteiger partial charge on any atom is 0.0704 e. The molecule has 0 spiro atoms. The fraction of sp³-hybridized carbons (Fsp3) is 0.412. The van der Waals surface area contributed by atoms with Crippen molar-refractivity contribution in [2.75, 3.05) is 0 Å². The zero-order chi connectivity index (χ0) is 13.9. The molecule has 1 heterocycles. The number of aryl methyl sites for hydroxylation is 2. The van der Waals surface area contributed by atoms with Gasteiger partial charge in [-0.1, -0.05) is 24.3 Å². The molecule has 20 heavy (non-hydrogen) atoms. The van der Waals surface area contributed by atoms with Crippen molar-refractivity contribution >= 4 is 38.9 Å². The third-order valence-corrected chi connectivity index (χ3v) is 7.05. The van der Waals surface area contributed by atoms with Crippen LogP contribution in [0.5, 0.6) is 0 Å². The second-order valence-electron chi connectivity index (χ2n) is 5.97. The van der Waals surface area contributed by atoms with Gasteiger partial charge in [-0.3, -0.25) is 0 Å². The minimum absolute atomic E-state index is 0.165. The Morgan fingerprint density at radius 2 is 2.15 bits per heavy atom. The number of halogens is 2. The third-order valence-electron chi connectivity index (χ3n) is 4.95. The molecule has 0 nitrogen and oxygen atoms in total. The van der Waals surface area contributed by atoms with Gasteiger partial charge in [0.25, 0.3) is 0 Å². The molecule has 2 aromatic rings. The molecule has 3 heteroatoms. The van der Waals surface area contributed by atoms with E-state index in [4.69, 9.17) is 11.6 Å². The van der Waals surface area contributed by atoms with Crippen LogP contribution in [0.4, 0.5) is 0 Å². The molecule has 104 valence electrons. The van der Waals surface area contributed by atoms with Crippen LogP contribution in [0.2, 0.25) is 0 Å². The van der Waals surface area contributed by atoms with Crippen LogP contribution in [-0.2, 0) is 6.42 Å². The van der Waals surface area contributed by atoms with Gasteiger partial charge in [-0.05, 0) is 76.2 Å². The van der Waals surface area contributed by atoms with Crippen molar-refractivity contribution in [3.8, 4) is 0 Å². The first-order chi connectivity index (χ1) is 9.66. The highest BCUT2D eigenvalue weighted by Gasteiger charge is 2.56. The monoisotopic (exact) mass is 366 g/mol. The number of thiophene rings is 1. The van der Waals surface area contributed by atoms with Crippen LogP contribution >= 0.6 is 38.9 Å². The summed E-state index contributed by atoms with van der Waals surface area (Å²) in [5, 5.41) is 0.165. The first-order valence-corrected chi connectivity index (χ1v) is 9.19. The Bertz CT molecular complexity index is 663. The Balaban J connectivity index is 1.65. The van der Waals surface area contributed by atoms with Gasteiger partial charge in [0.15, 0.2) is 0 Å². The number of fused-ring (bicyclic) bond motifs is 3. The number of hydrogen-bond donors (Lipinski definition) is 0. The van der Waals surface area contributed by atoms with Gasteiger partial charge in [0.05, 0.1) is 9.16 Å². The second-order valence-corrected chi connectivity index (χ2v) is 9.07. The van der Waals surface area contributed by atoms with E-state index in [1.807, 2.05) is 0 Å². The molecule has 0 bridgehead atoms. The van der Waals surface area contributed by atoms with E-state index in [-0.39, 0.29) is 5.38 Å². The van der Waals surface area contributed by atoms with Crippen LogP contribution in [0.25, 0.3) is 0 Å². The van der Waals surface area contributed by atoms with Crippen molar-refractivity contribution in [1.29, 1.82) is 0 Å². The summed E-state index contributed by atoms with van der Waals surface area (Å²) in [5.74, 6) is 2.12. The Morgan fingerprint density at radius 1 is 1.35 bits per heavy atom. The lowest BCUT2D eigenvalue weighted by Gasteiger charge is -2.13. The molecular weight excluding hydrogens is 352 g/mol. The zero-order valence-corrected chi connectivity index (χ0v) is 14.4. The molecule has 4 unspecified atom stereocenters. The predicted octanol–water partition coefficient (Wildman–Crippen LogP) is 6.07. The van der Waals surface area contributed by atoms with Gasteiger partial charge in [-0.15, -0.1) is 22.9 Å². The lowest BCUT2D eigenvalue weighted by molar-refractivity contribution is 0.622. The van der Waals surface area contributed by atoms with Crippen LogP contribution in [-0.4, -0.2) is 0 Å². The third kappa shape index (κ3) is 2.00. The highest BCUT2D eigenvalue weighted by molar-refractivity contribution is 9.11. The molecule has 0 aliphatic heterocycles. The van der Waals surface area contributed by atoms with Crippen LogP contribution in [0, 0.1) is 18.8 Å². The minimum Gasteiger partial charge on any atom is -0.133 e. The lowest BCUT2D eigenvalue weighted by atomic mass is 9.92. The number of benzene rings is 1. The van der Waals surface area contributed by atoms with Crippen LogP contribution in [0.1, 0.15) is 39.3 Å². The summed E-state index contributed by atoms with van der Waals surface area (Å²) in [6, 6.07) is 11.2. The Morgan fingerprint density at radius 3 is 2.90 bits per heavy atom. The first kappa shape index (κ1) is 13.4. The normalized spacial score (nSPS) is 28.6. The summed E-state index contributed by atoms with van der Waals surface area (Å²) >= 11 is 12.2. The fourth-order valence-corrected chi connectivity index (χ4v) is 6.35. The van der Waals surface area contributed by atoms with Gasteiger partial charge in [0.2, 0.25) is 0 Å². The summed E-state index contributed by atoms with van der Waals surface area (Å²) in [6.07, 6.45) is 2.53. The standard InChI is InChI=1S/C17H16BrClS/c1-9-13(8-14(18)20-9)17(19)16-12-7-6-10-4-2-3-5-11(10)15(12)16/h2-5,8,12,15-17H,6-7H2,1H3. The topological polar surface area (TPSA) is 0 Å². The first-order valence-electron chi connectivity index (χ1n) is 7.14. The van der Waals surface area contributed by atoms with Crippen molar-refractivity contribution in [3.05, 3.63) is 55.7 Å². The van der Waals surface area contributed by atoms with E-state index in [2.05, 4.69) is 53.2 Å². The van der Waals surface area contributed by atoms with Gasteiger partial charge in [-0.25, -0.2) is 0 Å². The summed E-state index contributed by atoms with van der Waals surface area (Å²) in [7, 11) is 0. The van der Waals surface area contributed by atoms with Crippen molar-refractivity contribution in [3.63, 3.8) is 0 Å². The molecule has 2 aliphatic rings. The van der Waals surface area contributed by atoms with E-state index in [0.29, 0.717) is 11.8 Å². The van der Waals surface area contributed by atoms with E-state index >= 15 is 0 Å². The molecule has 4 atom stereocenters. The average Bonchev–Trinajstić information content (AvgIpc) is 3.09. The fourth-order valence-electron chi connectivity index (χ4n) is 3.96. The smallest absolute Gasteiger partial charge is 0.0704 e. The minimum atomic E-state index is 0.165. The maximum absolute atomic E-state index is 6.85. The molecule has 1 aromatic heterocycles. The van der Waals surface area contributed by atoms with Crippen molar-refractivity contribution < 1.29 is 0 Å². The van der Waals surface area contributed by atoms with E-state index in [1.54, 1.807) is 22.5 Å². The zero-order valence-electron chi connectivity index (χ0n) is 11.3. The maximum atomic E-state index is 6.85. The lowest BCUT2D eigenvalue weighted by Crippen LogP contribution is -2.00. The SMILES string of the molecule is Cc1sc(Br)cc1C(Cl)C1C2CCc3ccccc3C21. The van der Waals surface area contributed by atoms with Gasteiger partial charge >= 0.3 is 0 Å². The Hall–Kier alpha value is -0.310.